The second-order valence-corrected chi connectivity index (χ2v) is 12.7. The summed E-state index contributed by atoms with van der Waals surface area (Å²) >= 11 is 7.11. The highest BCUT2D eigenvalue weighted by Gasteiger charge is 2.46. The molecule has 43 heavy (non-hydrogen) atoms. The number of anilines is 1. The predicted octanol–water partition coefficient (Wildman–Crippen LogP) is 5.36. The van der Waals surface area contributed by atoms with E-state index < -0.39 is 5.82 Å². The number of nitrogens with zero attached hydrogens (tertiary/aromatic N) is 6. The molecule has 224 valence electrons. The van der Waals surface area contributed by atoms with Crippen LogP contribution >= 0.6 is 11.6 Å². The summed E-state index contributed by atoms with van der Waals surface area (Å²) in [5.41, 5.74) is 3.25. The molecule has 0 unspecified atom stereocenters. The number of carbonyl (C=O) groups excluding carboxylic acids is 1. The van der Waals surface area contributed by atoms with Crippen LogP contribution in [0.2, 0.25) is 5.02 Å². The highest BCUT2D eigenvalue weighted by atomic mass is 35.5. The van der Waals surface area contributed by atoms with Gasteiger partial charge in [0.2, 0.25) is 5.91 Å². The zero-order valence-corrected chi connectivity index (χ0v) is 25.3. The topological polar surface area (TPSA) is 90.5 Å². The fourth-order valence-corrected chi connectivity index (χ4v) is 7.28. The van der Waals surface area contributed by atoms with Crippen molar-refractivity contribution in [2.75, 3.05) is 51.2 Å². The van der Waals surface area contributed by atoms with E-state index in [1.165, 1.54) is 12.1 Å². The Hall–Kier alpha value is -3.76. The van der Waals surface area contributed by atoms with Crippen LogP contribution in [0, 0.1) is 18.2 Å². The van der Waals surface area contributed by atoms with Crippen molar-refractivity contribution in [1.29, 1.82) is 0 Å². The molecule has 5 heterocycles. The molecular weight excluding hydrogens is 569 g/mol. The number of aryl methyl sites for hydroxylation is 1. The van der Waals surface area contributed by atoms with Crippen LogP contribution in [-0.4, -0.2) is 88.3 Å². The number of benzene rings is 2. The molecule has 7 rings (SSSR count). The van der Waals surface area contributed by atoms with E-state index in [1.807, 2.05) is 24.0 Å². The lowest BCUT2D eigenvalue weighted by molar-refractivity contribution is -0.139. The van der Waals surface area contributed by atoms with Gasteiger partial charge in [-0.15, -0.1) is 0 Å². The van der Waals surface area contributed by atoms with Gasteiger partial charge >= 0.3 is 6.01 Å². The third-order valence-corrected chi connectivity index (χ3v) is 9.89. The summed E-state index contributed by atoms with van der Waals surface area (Å²) in [4.78, 5) is 28.1. The van der Waals surface area contributed by atoms with Gasteiger partial charge in [-0.25, -0.2) is 4.39 Å². The van der Waals surface area contributed by atoms with Crippen molar-refractivity contribution < 1.29 is 13.9 Å². The average molecular weight is 604 g/mol. The number of fused-ring (bicyclic) bond motifs is 2. The molecule has 1 spiro atoms. The number of aromatic amines is 1. The molecule has 9 nitrogen and oxygen atoms in total. The maximum absolute atomic E-state index is 16.2. The second kappa shape index (κ2) is 10.7. The van der Waals surface area contributed by atoms with Crippen molar-refractivity contribution in [3.05, 3.63) is 53.5 Å². The van der Waals surface area contributed by atoms with Crippen LogP contribution in [0.15, 0.2) is 37.1 Å². The normalized spacial score (nSPS) is 19.3. The zero-order chi connectivity index (χ0) is 29.9. The Morgan fingerprint density at radius 3 is 2.60 bits per heavy atom. The molecule has 0 radical (unpaired) electrons. The quantitative estimate of drug-likeness (QED) is 0.307. The standard InChI is InChI=1S/C32H35ClFN7O2/c1-4-25(42)41-17-32(18-41)9-13-40(14-10-32)30-21-15-23(34)27(26-19(2)5-6-24-22(26)16-35-38-24)28(33)29(21)36-31(37-30)43-20-7-11-39(3)12-8-20/h4-6,15-16,20H,1,7-14,17-18H2,2-3H3,(H,35,38). The minimum Gasteiger partial charge on any atom is -0.460 e. The molecule has 0 saturated carbocycles. The van der Waals surface area contributed by atoms with E-state index in [0.717, 1.165) is 81.4 Å². The number of halogens is 2. The lowest BCUT2D eigenvalue weighted by atomic mass is 9.72. The van der Waals surface area contributed by atoms with E-state index >= 15 is 4.39 Å². The molecule has 1 amide bonds. The molecule has 3 saturated heterocycles. The number of amides is 1. The molecule has 0 atom stereocenters. The molecule has 4 aromatic rings. The summed E-state index contributed by atoms with van der Waals surface area (Å²) in [5, 5.41) is 8.74. The number of H-pyrrole nitrogens is 1. The minimum atomic E-state index is -0.436. The van der Waals surface area contributed by atoms with Gasteiger partial charge in [0, 0.05) is 66.6 Å². The maximum atomic E-state index is 16.2. The first-order valence-corrected chi connectivity index (χ1v) is 15.3. The number of aromatic nitrogens is 4. The summed E-state index contributed by atoms with van der Waals surface area (Å²) in [7, 11) is 2.11. The van der Waals surface area contributed by atoms with Crippen LogP contribution in [0.3, 0.4) is 0 Å². The van der Waals surface area contributed by atoms with Gasteiger partial charge in [-0.2, -0.15) is 15.1 Å². The Morgan fingerprint density at radius 1 is 1.14 bits per heavy atom. The van der Waals surface area contributed by atoms with Crippen LogP contribution in [0.5, 0.6) is 6.01 Å². The first kappa shape index (κ1) is 28.0. The van der Waals surface area contributed by atoms with Crippen LogP contribution in [0.4, 0.5) is 10.2 Å². The Balaban J connectivity index is 1.29. The van der Waals surface area contributed by atoms with Crippen molar-refractivity contribution in [2.24, 2.45) is 5.41 Å². The van der Waals surface area contributed by atoms with Gasteiger partial charge in [0.15, 0.2) is 0 Å². The second-order valence-electron chi connectivity index (χ2n) is 12.4. The lowest BCUT2D eigenvalue weighted by Gasteiger charge is -2.54. The van der Waals surface area contributed by atoms with Crippen molar-refractivity contribution in [1.82, 2.24) is 30.0 Å². The number of nitrogens with one attached hydrogen (secondary N) is 1. The maximum Gasteiger partial charge on any atom is 0.319 e. The van der Waals surface area contributed by atoms with Crippen molar-refractivity contribution >= 4 is 45.1 Å². The monoisotopic (exact) mass is 603 g/mol. The summed E-state index contributed by atoms with van der Waals surface area (Å²) in [6.07, 6.45) is 6.64. The van der Waals surface area contributed by atoms with Gasteiger partial charge in [-0.05, 0) is 63.4 Å². The van der Waals surface area contributed by atoms with E-state index in [1.54, 1.807) is 6.20 Å². The molecular formula is C32H35ClFN7O2. The van der Waals surface area contributed by atoms with E-state index in [9.17, 15) is 4.79 Å². The minimum absolute atomic E-state index is 0.00454. The third-order valence-electron chi connectivity index (χ3n) is 9.52. The van der Waals surface area contributed by atoms with Crippen LogP contribution < -0.4 is 9.64 Å². The number of carbonyl (C=O) groups is 1. The SMILES string of the molecule is C=CC(=O)N1CC2(CCN(c3nc(OC4CCN(C)CC4)nc4c(Cl)c(-c5c(C)ccc6[nH]ncc56)c(F)cc34)CC2)C1. The Labute approximate surface area is 254 Å². The molecule has 2 aromatic carbocycles. The molecule has 0 bridgehead atoms. The highest BCUT2D eigenvalue weighted by Crippen LogP contribution is 2.45. The first-order valence-electron chi connectivity index (χ1n) is 14.9. The predicted molar refractivity (Wildman–Crippen MR) is 166 cm³/mol. The summed E-state index contributed by atoms with van der Waals surface area (Å²) in [5.74, 6) is 0.175. The van der Waals surface area contributed by atoms with E-state index in [0.29, 0.717) is 27.8 Å². The van der Waals surface area contributed by atoms with Gasteiger partial charge in [0.1, 0.15) is 17.7 Å². The average Bonchev–Trinajstić information content (AvgIpc) is 3.47. The van der Waals surface area contributed by atoms with Gasteiger partial charge in [0.05, 0.1) is 22.3 Å². The van der Waals surface area contributed by atoms with Crippen LogP contribution in [-0.2, 0) is 4.79 Å². The highest BCUT2D eigenvalue weighted by molar-refractivity contribution is 6.38. The van der Waals surface area contributed by atoms with Crippen LogP contribution in [0.1, 0.15) is 31.2 Å². The van der Waals surface area contributed by atoms with Crippen molar-refractivity contribution in [2.45, 2.75) is 38.7 Å². The summed E-state index contributed by atoms with van der Waals surface area (Å²) in [6, 6.07) is 5.65. The number of ether oxygens (including phenoxy) is 1. The van der Waals surface area contributed by atoms with Gasteiger partial charge in [0.25, 0.3) is 0 Å². The first-order chi connectivity index (χ1) is 20.7. The third kappa shape index (κ3) is 4.90. The molecule has 3 aliphatic rings. The number of hydrogen-bond donors (Lipinski definition) is 1. The summed E-state index contributed by atoms with van der Waals surface area (Å²) in [6.45, 7) is 10.4. The van der Waals surface area contributed by atoms with Gasteiger partial charge in [-0.1, -0.05) is 24.2 Å². The Bertz CT molecular complexity index is 1730. The lowest BCUT2D eigenvalue weighted by Crippen LogP contribution is -2.61. The molecule has 2 aromatic heterocycles. The van der Waals surface area contributed by atoms with Crippen LogP contribution in [0.25, 0.3) is 32.9 Å². The summed E-state index contributed by atoms with van der Waals surface area (Å²) < 4.78 is 22.6. The number of rotatable bonds is 5. The number of likely N-dealkylation sites (tertiary alicyclic amines) is 2. The molecule has 3 aliphatic heterocycles. The Morgan fingerprint density at radius 2 is 1.88 bits per heavy atom. The van der Waals surface area contributed by atoms with E-state index in [2.05, 4.69) is 33.6 Å². The fraction of sp³-hybridized carbons (Fsp3) is 0.438. The Kier molecular flexibility index (Phi) is 7.01. The smallest absolute Gasteiger partial charge is 0.319 e. The van der Waals surface area contributed by atoms with E-state index in [4.69, 9.17) is 26.3 Å². The number of piperidine rings is 2. The van der Waals surface area contributed by atoms with Crippen molar-refractivity contribution in [3.8, 4) is 17.1 Å². The molecule has 1 N–H and O–H groups in total. The largest absolute Gasteiger partial charge is 0.460 e. The molecule has 0 aliphatic carbocycles. The van der Waals surface area contributed by atoms with Crippen molar-refractivity contribution in [3.63, 3.8) is 0 Å². The molecule has 11 heteroatoms. The molecule has 3 fully saturated rings. The van der Waals surface area contributed by atoms with E-state index in [-0.39, 0.29) is 28.5 Å². The zero-order valence-electron chi connectivity index (χ0n) is 24.5. The number of hydrogen-bond acceptors (Lipinski definition) is 7. The van der Waals surface area contributed by atoms with Gasteiger partial charge < -0.3 is 19.4 Å². The fourth-order valence-electron chi connectivity index (χ4n) is 6.95. The van der Waals surface area contributed by atoms with Gasteiger partial charge in [-0.3, -0.25) is 9.89 Å².